The summed E-state index contributed by atoms with van der Waals surface area (Å²) in [6.07, 6.45) is -10.6. The fourth-order valence-electron chi connectivity index (χ4n) is 1.26. The van der Waals surface area contributed by atoms with Gasteiger partial charge in [-0.15, -0.1) is 0 Å². The molecule has 2 amide bonds. The SMILES string of the molecule is N=C1N(C(=O)C(F)(F)F)CCN1C(=O)C(F)(F)F. The summed E-state index contributed by atoms with van der Waals surface area (Å²) in [5.74, 6) is -6.39. The van der Waals surface area contributed by atoms with Crippen LogP contribution in [0.2, 0.25) is 0 Å². The molecule has 5 nitrogen and oxygen atoms in total. The molecule has 1 fully saturated rings. The molecule has 0 aromatic carbocycles. The Morgan fingerprint density at radius 2 is 1.17 bits per heavy atom. The van der Waals surface area contributed by atoms with Gasteiger partial charge in [0.1, 0.15) is 0 Å². The largest absolute Gasteiger partial charge is 0.471 e. The zero-order valence-corrected chi connectivity index (χ0v) is 8.39. The summed E-state index contributed by atoms with van der Waals surface area (Å²) in [5, 5.41) is 6.99. The van der Waals surface area contributed by atoms with Crippen molar-refractivity contribution in [3.63, 3.8) is 0 Å². The van der Waals surface area contributed by atoms with Gasteiger partial charge in [0, 0.05) is 13.1 Å². The number of hydrogen-bond donors (Lipinski definition) is 1. The van der Waals surface area contributed by atoms with E-state index in [0.717, 1.165) is 0 Å². The molecular weight excluding hydrogens is 272 g/mol. The molecule has 1 N–H and O–H groups in total. The Kier molecular flexibility index (Phi) is 3.28. The van der Waals surface area contributed by atoms with E-state index < -0.39 is 43.2 Å². The number of nitrogens with zero attached hydrogens (tertiary/aromatic N) is 2. The molecule has 0 radical (unpaired) electrons. The van der Waals surface area contributed by atoms with Crippen LogP contribution in [-0.4, -0.2) is 53.0 Å². The van der Waals surface area contributed by atoms with E-state index in [1.165, 1.54) is 0 Å². The third-order valence-electron chi connectivity index (χ3n) is 2.03. The van der Waals surface area contributed by atoms with Crippen LogP contribution in [0.3, 0.4) is 0 Å². The predicted octanol–water partition coefficient (Wildman–Crippen LogP) is 0.717. The van der Waals surface area contributed by atoms with Gasteiger partial charge in [-0.1, -0.05) is 0 Å². The van der Waals surface area contributed by atoms with Gasteiger partial charge in [-0.05, 0) is 0 Å². The fourth-order valence-corrected chi connectivity index (χ4v) is 1.26. The zero-order chi connectivity index (χ0) is 14.3. The first kappa shape index (κ1) is 14.3. The predicted molar refractivity (Wildman–Crippen MR) is 43.3 cm³/mol. The highest BCUT2D eigenvalue weighted by molar-refractivity contribution is 6.07. The van der Waals surface area contributed by atoms with Crippen LogP contribution in [0.25, 0.3) is 0 Å². The van der Waals surface area contributed by atoms with Crippen molar-refractivity contribution in [3.8, 4) is 0 Å². The van der Waals surface area contributed by atoms with E-state index in [1.54, 1.807) is 0 Å². The Labute approximate surface area is 95.4 Å². The van der Waals surface area contributed by atoms with Crippen molar-refractivity contribution in [3.05, 3.63) is 0 Å². The van der Waals surface area contributed by atoms with Crippen LogP contribution in [-0.2, 0) is 9.59 Å². The lowest BCUT2D eigenvalue weighted by atomic mass is 10.5. The van der Waals surface area contributed by atoms with Gasteiger partial charge in [0.25, 0.3) is 0 Å². The number of carbonyl (C=O) groups excluding carboxylic acids is 2. The third kappa shape index (κ3) is 2.54. The third-order valence-corrected chi connectivity index (χ3v) is 2.03. The first-order valence-electron chi connectivity index (χ1n) is 4.32. The molecule has 0 bridgehead atoms. The minimum Gasteiger partial charge on any atom is -0.273 e. The molecule has 1 saturated heterocycles. The molecule has 1 aliphatic heterocycles. The average Bonchev–Trinajstić information content (AvgIpc) is 2.55. The number of nitrogens with one attached hydrogen (secondary N) is 1. The Morgan fingerprint density at radius 1 is 0.889 bits per heavy atom. The molecule has 18 heavy (non-hydrogen) atoms. The monoisotopic (exact) mass is 277 g/mol. The Bertz CT molecular complexity index is 365. The maximum absolute atomic E-state index is 12.0. The Morgan fingerprint density at radius 3 is 1.39 bits per heavy atom. The summed E-state index contributed by atoms with van der Waals surface area (Å²) in [4.78, 5) is 21.0. The van der Waals surface area contributed by atoms with E-state index >= 15 is 0 Å². The molecule has 1 aliphatic rings. The molecular formula is C7H5F6N3O2. The van der Waals surface area contributed by atoms with Crippen molar-refractivity contribution >= 4 is 17.8 Å². The van der Waals surface area contributed by atoms with Crippen molar-refractivity contribution in [1.29, 1.82) is 5.41 Å². The second-order valence-electron chi connectivity index (χ2n) is 3.23. The summed E-state index contributed by atoms with van der Waals surface area (Å²) in [6.45, 7) is -1.61. The van der Waals surface area contributed by atoms with Crippen molar-refractivity contribution in [2.75, 3.05) is 13.1 Å². The number of amides is 2. The first-order valence-corrected chi connectivity index (χ1v) is 4.32. The van der Waals surface area contributed by atoms with Crippen LogP contribution in [0.4, 0.5) is 26.3 Å². The molecule has 0 spiro atoms. The molecule has 0 saturated carbocycles. The van der Waals surface area contributed by atoms with Gasteiger partial charge in [0.15, 0.2) is 0 Å². The summed E-state index contributed by atoms with van der Waals surface area (Å²) in [6, 6.07) is 0. The van der Waals surface area contributed by atoms with Crippen molar-refractivity contribution in [2.24, 2.45) is 0 Å². The molecule has 0 aliphatic carbocycles. The molecule has 11 heteroatoms. The second kappa shape index (κ2) is 4.14. The second-order valence-corrected chi connectivity index (χ2v) is 3.23. The minimum absolute atomic E-state index is 0.232. The molecule has 0 aromatic rings. The smallest absolute Gasteiger partial charge is 0.273 e. The highest BCUT2D eigenvalue weighted by atomic mass is 19.4. The number of guanidine groups is 1. The van der Waals surface area contributed by atoms with E-state index in [2.05, 4.69) is 0 Å². The molecule has 1 heterocycles. The van der Waals surface area contributed by atoms with Crippen LogP contribution in [0.15, 0.2) is 0 Å². The van der Waals surface area contributed by atoms with Gasteiger partial charge in [-0.3, -0.25) is 24.8 Å². The van der Waals surface area contributed by atoms with Gasteiger partial charge < -0.3 is 0 Å². The average molecular weight is 277 g/mol. The number of halogens is 6. The van der Waals surface area contributed by atoms with Crippen LogP contribution in [0.5, 0.6) is 0 Å². The Balaban J connectivity index is 2.87. The van der Waals surface area contributed by atoms with Gasteiger partial charge in [-0.2, -0.15) is 26.3 Å². The van der Waals surface area contributed by atoms with Crippen LogP contribution >= 0.6 is 0 Å². The topological polar surface area (TPSA) is 64.5 Å². The van der Waals surface area contributed by atoms with Crippen molar-refractivity contribution in [2.45, 2.75) is 12.4 Å². The van der Waals surface area contributed by atoms with E-state index in [-0.39, 0.29) is 9.80 Å². The first-order chi connectivity index (χ1) is 7.96. The van der Waals surface area contributed by atoms with Gasteiger partial charge >= 0.3 is 24.2 Å². The quantitative estimate of drug-likeness (QED) is 0.663. The number of alkyl halides is 6. The van der Waals surface area contributed by atoms with E-state index in [9.17, 15) is 35.9 Å². The lowest BCUT2D eigenvalue weighted by Crippen LogP contribution is -2.47. The number of hydrogen-bond acceptors (Lipinski definition) is 3. The maximum Gasteiger partial charge on any atom is 0.471 e. The molecule has 0 unspecified atom stereocenters. The van der Waals surface area contributed by atoms with Gasteiger partial charge in [-0.25, -0.2) is 0 Å². The normalized spacial score (nSPS) is 17.3. The van der Waals surface area contributed by atoms with Gasteiger partial charge in [0.2, 0.25) is 5.96 Å². The fraction of sp³-hybridized carbons (Fsp3) is 0.571. The lowest BCUT2D eigenvalue weighted by molar-refractivity contribution is -0.182. The lowest BCUT2D eigenvalue weighted by Gasteiger charge is -2.20. The van der Waals surface area contributed by atoms with Crippen molar-refractivity contribution in [1.82, 2.24) is 9.80 Å². The van der Waals surface area contributed by atoms with Crippen LogP contribution in [0.1, 0.15) is 0 Å². The van der Waals surface area contributed by atoms with E-state index in [4.69, 9.17) is 5.41 Å². The summed E-state index contributed by atoms with van der Waals surface area (Å²) in [5.41, 5.74) is 0. The van der Waals surface area contributed by atoms with Crippen molar-refractivity contribution < 1.29 is 35.9 Å². The van der Waals surface area contributed by atoms with Crippen LogP contribution < -0.4 is 0 Å². The van der Waals surface area contributed by atoms with E-state index in [0.29, 0.717) is 0 Å². The molecule has 102 valence electrons. The minimum atomic E-state index is -5.32. The van der Waals surface area contributed by atoms with Gasteiger partial charge in [0.05, 0.1) is 0 Å². The Hall–Kier alpha value is -1.81. The molecule has 1 rings (SSSR count). The van der Waals surface area contributed by atoms with E-state index in [1.807, 2.05) is 0 Å². The standard InChI is InChI=1S/C7H5F6N3O2/c8-6(9,10)3(17)15-1-2-16(5(15)14)4(18)7(11,12)13/h14H,1-2H2. The highest BCUT2D eigenvalue weighted by Gasteiger charge is 2.51. The molecule has 0 atom stereocenters. The number of carbonyl (C=O) groups is 2. The van der Waals surface area contributed by atoms with Crippen LogP contribution in [0, 0.1) is 5.41 Å². The summed E-state index contributed by atoms with van der Waals surface area (Å²) >= 11 is 0. The number of rotatable bonds is 0. The zero-order valence-electron chi connectivity index (χ0n) is 8.39. The maximum atomic E-state index is 12.0. The summed E-state index contributed by atoms with van der Waals surface area (Å²) in [7, 11) is 0. The summed E-state index contributed by atoms with van der Waals surface area (Å²) < 4.78 is 72.1. The molecule has 0 aromatic heterocycles. The highest BCUT2D eigenvalue weighted by Crippen LogP contribution is 2.25.